The lowest BCUT2D eigenvalue weighted by atomic mass is 9.84. The van der Waals surface area contributed by atoms with Crippen molar-refractivity contribution < 1.29 is 14.2 Å². The molecule has 1 aliphatic carbocycles. The number of rotatable bonds is 1. The summed E-state index contributed by atoms with van der Waals surface area (Å²) in [7, 11) is 0. The predicted molar refractivity (Wildman–Crippen MR) is 76.4 cm³/mol. The van der Waals surface area contributed by atoms with Gasteiger partial charge in [0.05, 0.1) is 24.9 Å². The van der Waals surface area contributed by atoms with E-state index in [-0.39, 0.29) is 23.5 Å². The number of morpholine rings is 1. The molecule has 3 unspecified atom stereocenters. The van der Waals surface area contributed by atoms with Crippen LogP contribution in [0.1, 0.15) is 40.0 Å². The van der Waals surface area contributed by atoms with Gasteiger partial charge >= 0.3 is 0 Å². The van der Waals surface area contributed by atoms with Crippen LogP contribution in [0.4, 0.5) is 0 Å². The highest BCUT2D eigenvalue weighted by Gasteiger charge is 2.47. The topological polar surface area (TPSA) is 57.0 Å². The lowest BCUT2D eigenvalue weighted by Gasteiger charge is -2.50. The van der Waals surface area contributed by atoms with E-state index in [1.54, 1.807) is 0 Å². The second kappa shape index (κ2) is 5.21. The Balaban J connectivity index is 1.73. The van der Waals surface area contributed by atoms with Crippen molar-refractivity contribution in [2.24, 2.45) is 5.73 Å². The van der Waals surface area contributed by atoms with E-state index >= 15 is 0 Å². The zero-order valence-corrected chi connectivity index (χ0v) is 12.9. The highest BCUT2D eigenvalue weighted by atomic mass is 16.7. The maximum atomic E-state index is 6.40. The van der Waals surface area contributed by atoms with E-state index in [0.29, 0.717) is 19.3 Å². The monoisotopic (exact) mass is 284 g/mol. The Labute approximate surface area is 121 Å². The first-order chi connectivity index (χ1) is 9.39. The lowest BCUT2D eigenvalue weighted by molar-refractivity contribution is -0.205. The minimum Gasteiger partial charge on any atom is -0.370 e. The number of ether oxygens (including phenoxy) is 3. The van der Waals surface area contributed by atoms with Gasteiger partial charge in [0.1, 0.15) is 0 Å². The maximum absolute atomic E-state index is 6.40. The molecule has 2 aliphatic heterocycles. The van der Waals surface area contributed by atoms with Crippen molar-refractivity contribution in [1.29, 1.82) is 0 Å². The molecule has 3 fully saturated rings. The van der Waals surface area contributed by atoms with E-state index in [2.05, 4.69) is 25.7 Å². The van der Waals surface area contributed by atoms with Gasteiger partial charge in [0.15, 0.2) is 5.79 Å². The fraction of sp³-hybridized carbons (Fsp3) is 1.00. The summed E-state index contributed by atoms with van der Waals surface area (Å²) in [6.07, 6.45) is 3.02. The average Bonchev–Trinajstić information content (AvgIpc) is 2.79. The molecule has 3 atom stereocenters. The molecule has 0 aromatic carbocycles. The van der Waals surface area contributed by atoms with Gasteiger partial charge in [-0.15, -0.1) is 0 Å². The van der Waals surface area contributed by atoms with E-state index in [1.165, 1.54) is 0 Å². The van der Waals surface area contributed by atoms with Crippen LogP contribution in [0, 0.1) is 0 Å². The highest BCUT2D eigenvalue weighted by Crippen LogP contribution is 2.38. The molecule has 0 aromatic rings. The molecule has 116 valence electrons. The summed E-state index contributed by atoms with van der Waals surface area (Å²) < 4.78 is 17.8. The van der Waals surface area contributed by atoms with E-state index < -0.39 is 0 Å². The van der Waals surface area contributed by atoms with Crippen molar-refractivity contribution in [2.45, 2.75) is 69.6 Å². The number of nitrogens with two attached hydrogens (primary N) is 1. The second-order valence-electron chi connectivity index (χ2n) is 7.20. The van der Waals surface area contributed by atoms with Crippen LogP contribution in [0.5, 0.6) is 0 Å². The molecule has 0 bridgehead atoms. The van der Waals surface area contributed by atoms with Crippen LogP contribution in [-0.4, -0.2) is 60.8 Å². The highest BCUT2D eigenvalue weighted by molar-refractivity contribution is 4.98. The van der Waals surface area contributed by atoms with Crippen LogP contribution in [-0.2, 0) is 14.2 Å². The first-order valence-corrected chi connectivity index (χ1v) is 7.85. The standard InChI is InChI=1S/C15H28N2O3/c1-11-9-17(10-14(2,3)20-11)13-8-15(5-4-12(13)16)18-6-7-19-15/h11-13H,4-10,16H2,1-3H3. The van der Waals surface area contributed by atoms with Gasteiger partial charge in [-0.25, -0.2) is 0 Å². The third-order valence-corrected chi connectivity index (χ3v) is 4.75. The van der Waals surface area contributed by atoms with Gasteiger partial charge in [-0.1, -0.05) is 0 Å². The number of nitrogens with zero attached hydrogens (tertiary/aromatic N) is 1. The van der Waals surface area contributed by atoms with Crippen molar-refractivity contribution >= 4 is 0 Å². The van der Waals surface area contributed by atoms with Crippen molar-refractivity contribution in [1.82, 2.24) is 4.90 Å². The average molecular weight is 284 g/mol. The minimum atomic E-state index is -0.369. The van der Waals surface area contributed by atoms with Gasteiger partial charge in [-0.05, 0) is 27.2 Å². The van der Waals surface area contributed by atoms with Crippen molar-refractivity contribution in [3.05, 3.63) is 0 Å². The smallest absolute Gasteiger partial charge is 0.170 e. The number of hydrogen-bond acceptors (Lipinski definition) is 5. The third kappa shape index (κ3) is 2.88. The molecule has 0 amide bonds. The van der Waals surface area contributed by atoms with Crippen LogP contribution >= 0.6 is 0 Å². The summed E-state index contributed by atoms with van der Waals surface area (Å²) in [5.41, 5.74) is 6.29. The van der Waals surface area contributed by atoms with Gasteiger partial charge in [-0.2, -0.15) is 0 Å². The lowest BCUT2D eigenvalue weighted by Crippen LogP contribution is -2.62. The van der Waals surface area contributed by atoms with Gasteiger partial charge in [0.2, 0.25) is 0 Å². The van der Waals surface area contributed by atoms with E-state index in [9.17, 15) is 0 Å². The summed E-state index contributed by atoms with van der Waals surface area (Å²) in [5, 5.41) is 0. The van der Waals surface area contributed by atoms with Crippen molar-refractivity contribution in [3.8, 4) is 0 Å². The Morgan fingerprint density at radius 3 is 2.55 bits per heavy atom. The minimum absolute atomic E-state index is 0.112. The molecule has 20 heavy (non-hydrogen) atoms. The van der Waals surface area contributed by atoms with Gasteiger partial charge in [-0.3, -0.25) is 4.90 Å². The normalized spacial score (nSPS) is 41.1. The summed E-state index contributed by atoms with van der Waals surface area (Å²) in [5.74, 6) is -0.369. The van der Waals surface area contributed by atoms with Crippen LogP contribution in [0.25, 0.3) is 0 Å². The third-order valence-electron chi connectivity index (χ3n) is 4.75. The molecule has 1 spiro atoms. The molecule has 3 rings (SSSR count). The second-order valence-corrected chi connectivity index (χ2v) is 7.20. The van der Waals surface area contributed by atoms with Gasteiger partial charge < -0.3 is 19.9 Å². The Morgan fingerprint density at radius 1 is 1.20 bits per heavy atom. The predicted octanol–water partition coefficient (Wildman–Crippen LogP) is 1.11. The van der Waals surface area contributed by atoms with Crippen molar-refractivity contribution in [2.75, 3.05) is 26.3 Å². The van der Waals surface area contributed by atoms with Gasteiger partial charge in [0.25, 0.3) is 0 Å². The molecule has 0 radical (unpaired) electrons. The quantitative estimate of drug-likeness (QED) is 0.781. The summed E-state index contributed by atoms with van der Waals surface area (Å²) in [4.78, 5) is 2.49. The Bertz CT molecular complexity index is 355. The Morgan fingerprint density at radius 2 is 1.90 bits per heavy atom. The van der Waals surface area contributed by atoms with Gasteiger partial charge in [0, 0.05) is 38.0 Å². The molecule has 2 saturated heterocycles. The Hall–Kier alpha value is -0.200. The van der Waals surface area contributed by atoms with Crippen LogP contribution in [0.15, 0.2) is 0 Å². The molecule has 5 heteroatoms. The van der Waals surface area contributed by atoms with Crippen LogP contribution in [0.3, 0.4) is 0 Å². The first-order valence-electron chi connectivity index (χ1n) is 7.85. The molecule has 0 aromatic heterocycles. The fourth-order valence-electron chi connectivity index (χ4n) is 4.07. The number of hydrogen-bond donors (Lipinski definition) is 1. The van der Waals surface area contributed by atoms with Crippen molar-refractivity contribution in [3.63, 3.8) is 0 Å². The van der Waals surface area contributed by atoms with E-state index in [0.717, 1.165) is 32.4 Å². The van der Waals surface area contributed by atoms with E-state index in [4.69, 9.17) is 19.9 Å². The largest absolute Gasteiger partial charge is 0.370 e. The first kappa shape index (κ1) is 14.7. The zero-order valence-electron chi connectivity index (χ0n) is 12.9. The molecule has 5 nitrogen and oxygen atoms in total. The molecular weight excluding hydrogens is 256 g/mol. The molecule has 2 N–H and O–H groups in total. The summed E-state index contributed by atoms with van der Waals surface area (Å²) in [6, 6.07) is 0.530. The molecule has 2 heterocycles. The fourth-order valence-corrected chi connectivity index (χ4v) is 4.07. The molecule has 3 aliphatic rings. The van der Waals surface area contributed by atoms with Crippen LogP contribution < -0.4 is 5.73 Å². The molecular formula is C15H28N2O3. The summed E-state index contributed by atoms with van der Waals surface area (Å²) >= 11 is 0. The van der Waals surface area contributed by atoms with Crippen LogP contribution in [0.2, 0.25) is 0 Å². The Kier molecular flexibility index (Phi) is 3.84. The zero-order chi connectivity index (χ0) is 14.4. The maximum Gasteiger partial charge on any atom is 0.170 e. The summed E-state index contributed by atoms with van der Waals surface area (Å²) in [6.45, 7) is 9.74. The molecule has 1 saturated carbocycles. The SMILES string of the molecule is CC1CN(C2CC3(CCC2N)OCCO3)CC(C)(C)O1. The van der Waals surface area contributed by atoms with E-state index in [1.807, 2.05) is 0 Å².